The number of unbranched alkanes of at least 4 members (excludes halogenated alkanes) is 1. The van der Waals surface area contributed by atoms with Gasteiger partial charge in [-0.05, 0) is 19.8 Å². The van der Waals surface area contributed by atoms with Crippen molar-refractivity contribution in [3.8, 4) is 0 Å². The molecule has 0 aliphatic rings. The van der Waals surface area contributed by atoms with Gasteiger partial charge < -0.3 is 13.6 Å². The first kappa shape index (κ1) is 18.4. The minimum absolute atomic E-state index is 0.130. The lowest BCUT2D eigenvalue weighted by Gasteiger charge is -2.20. The maximum atomic E-state index is 5.69. The van der Waals surface area contributed by atoms with Gasteiger partial charge in [-0.15, -0.1) is 23.2 Å². The molecule has 0 fully saturated rings. The maximum Gasteiger partial charge on any atom is 0.332 e. The molecule has 0 aromatic carbocycles. The molecule has 0 rings (SSSR count). The molecule has 1 atom stereocenters. The molecule has 104 valence electrons. The molecule has 0 aromatic rings. The van der Waals surface area contributed by atoms with Crippen LogP contribution in [-0.2, 0) is 13.6 Å². The van der Waals surface area contributed by atoms with Gasteiger partial charge >= 0.3 is 8.60 Å². The van der Waals surface area contributed by atoms with Crippen LogP contribution in [0.3, 0.4) is 0 Å². The predicted molar refractivity (Wildman–Crippen MR) is 78.5 cm³/mol. The summed E-state index contributed by atoms with van der Waals surface area (Å²) in [6.07, 6.45) is 3.40. The minimum atomic E-state index is -1.31. The van der Waals surface area contributed by atoms with Crippen LogP contribution in [0.15, 0.2) is 0 Å². The van der Waals surface area contributed by atoms with Crippen molar-refractivity contribution in [2.75, 3.05) is 30.3 Å². The SMILES string of the molecule is CC(CCCCBr)OP(OCCCl)OCCCl. The largest absolute Gasteiger partial charge is 0.332 e. The predicted octanol–water partition coefficient (Wildman–Crippen LogP) is 4.69. The van der Waals surface area contributed by atoms with E-state index in [0.717, 1.165) is 24.6 Å². The van der Waals surface area contributed by atoms with Gasteiger partial charge in [-0.25, -0.2) is 0 Å². The zero-order chi connectivity index (χ0) is 12.9. The molecule has 1 unspecified atom stereocenters. The van der Waals surface area contributed by atoms with Crippen LogP contribution in [0.5, 0.6) is 0 Å². The summed E-state index contributed by atoms with van der Waals surface area (Å²) in [5.74, 6) is 0.870. The highest BCUT2D eigenvalue weighted by Crippen LogP contribution is 2.41. The Bertz CT molecular complexity index is 160. The van der Waals surface area contributed by atoms with Crippen molar-refractivity contribution < 1.29 is 13.6 Å². The second kappa shape index (κ2) is 13.8. The Labute approximate surface area is 124 Å². The van der Waals surface area contributed by atoms with Gasteiger partial charge in [0.05, 0.1) is 19.3 Å². The van der Waals surface area contributed by atoms with Crippen LogP contribution in [0, 0.1) is 0 Å². The van der Waals surface area contributed by atoms with E-state index in [-0.39, 0.29) is 6.10 Å². The summed E-state index contributed by atoms with van der Waals surface area (Å²) in [7, 11) is -1.31. The average Bonchev–Trinajstić information content (AvgIpc) is 2.33. The molecule has 0 aliphatic carbocycles. The lowest BCUT2D eigenvalue weighted by Crippen LogP contribution is -2.08. The van der Waals surface area contributed by atoms with Crippen LogP contribution >= 0.6 is 47.7 Å². The third kappa shape index (κ3) is 12.2. The van der Waals surface area contributed by atoms with E-state index in [9.17, 15) is 0 Å². The first-order chi connectivity index (χ1) is 8.24. The maximum absolute atomic E-state index is 5.69. The van der Waals surface area contributed by atoms with Gasteiger partial charge in [0, 0.05) is 17.1 Å². The fourth-order valence-corrected chi connectivity index (χ4v) is 2.88. The van der Waals surface area contributed by atoms with Crippen molar-refractivity contribution >= 4 is 47.7 Å². The lowest BCUT2D eigenvalue weighted by atomic mass is 10.2. The minimum Gasteiger partial charge on any atom is -0.311 e. The van der Waals surface area contributed by atoms with E-state index >= 15 is 0 Å². The fourth-order valence-electron chi connectivity index (χ4n) is 1.04. The van der Waals surface area contributed by atoms with Crippen LogP contribution in [0.2, 0.25) is 0 Å². The van der Waals surface area contributed by atoms with Gasteiger partial charge in [0.2, 0.25) is 0 Å². The highest BCUT2D eigenvalue weighted by atomic mass is 79.9. The molecule has 7 heteroatoms. The molecule has 0 aromatic heterocycles. The van der Waals surface area contributed by atoms with Crippen LogP contribution < -0.4 is 0 Å². The Morgan fingerprint density at radius 2 is 1.71 bits per heavy atom. The number of hydrogen-bond donors (Lipinski definition) is 0. The second-order valence-corrected chi connectivity index (χ2v) is 6.09. The number of hydrogen-bond acceptors (Lipinski definition) is 3. The Morgan fingerprint density at radius 3 is 2.18 bits per heavy atom. The summed E-state index contributed by atoms with van der Waals surface area (Å²) in [6, 6.07) is 0. The molecular weight excluding hydrogens is 350 g/mol. The van der Waals surface area contributed by atoms with E-state index in [1.807, 2.05) is 6.92 Å². The molecule has 0 N–H and O–H groups in total. The monoisotopic (exact) mass is 368 g/mol. The summed E-state index contributed by atoms with van der Waals surface area (Å²) >= 11 is 14.5. The molecule has 0 heterocycles. The third-order valence-corrected chi connectivity index (χ3v) is 4.00. The van der Waals surface area contributed by atoms with E-state index in [0.29, 0.717) is 25.0 Å². The zero-order valence-electron chi connectivity index (χ0n) is 10.0. The van der Waals surface area contributed by atoms with Gasteiger partial charge in [-0.3, -0.25) is 0 Å². The quantitative estimate of drug-likeness (QED) is 0.283. The van der Waals surface area contributed by atoms with E-state index in [1.165, 1.54) is 0 Å². The van der Waals surface area contributed by atoms with E-state index in [4.69, 9.17) is 36.8 Å². The van der Waals surface area contributed by atoms with Crippen molar-refractivity contribution in [2.24, 2.45) is 0 Å². The Kier molecular flexibility index (Phi) is 14.9. The zero-order valence-corrected chi connectivity index (χ0v) is 14.0. The first-order valence-electron chi connectivity index (χ1n) is 5.65. The molecule has 0 bridgehead atoms. The Hall–Kier alpha value is 1.37. The third-order valence-electron chi connectivity index (χ3n) is 1.81. The van der Waals surface area contributed by atoms with E-state index in [1.54, 1.807) is 0 Å². The topological polar surface area (TPSA) is 27.7 Å². The fraction of sp³-hybridized carbons (Fsp3) is 1.00. The van der Waals surface area contributed by atoms with Crippen molar-refractivity contribution in [3.63, 3.8) is 0 Å². The summed E-state index contributed by atoms with van der Waals surface area (Å²) in [4.78, 5) is 0. The molecule has 3 nitrogen and oxygen atoms in total. The smallest absolute Gasteiger partial charge is 0.311 e. The normalized spacial score (nSPS) is 13.2. The van der Waals surface area contributed by atoms with Crippen molar-refractivity contribution in [2.45, 2.75) is 32.3 Å². The summed E-state index contributed by atoms with van der Waals surface area (Å²) in [5.41, 5.74) is 0. The standard InChI is InChI=1S/C10H20BrCl2O3P/c1-10(4-2-3-5-11)16-17(14-8-6-12)15-9-7-13/h10H,2-9H2,1H3. The van der Waals surface area contributed by atoms with Gasteiger partial charge in [-0.2, -0.15) is 0 Å². The number of halogens is 3. The summed E-state index contributed by atoms with van der Waals surface area (Å²) < 4.78 is 16.5. The van der Waals surface area contributed by atoms with Crippen molar-refractivity contribution in [1.82, 2.24) is 0 Å². The van der Waals surface area contributed by atoms with Gasteiger partial charge in [0.1, 0.15) is 0 Å². The molecule has 0 amide bonds. The van der Waals surface area contributed by atoms with Gasteiger partial charge in [0.25, 0.3) is 0 Å². The summed E-state index contributed by atoms with van der Waals surface area (Å²) in [6.45, 7) is 2.89. The highest BCUT2D eigenvalue weighted by Gasteiger charge is 2.16. The molecule has 0 saturated carbocycles. The van der Waals surface area contributed by atoms with Gasteiger partial charge in [0.15, 0.2) is 0 Å². The number of alkyl halides is 3. The van der Waals surface area contributed by atoms with Gasteiger partial charge in [-0.1, -0.05) is 22.4 Å². The molecule has 0 radical (unpaired) electrons. The second-order valence-electron chi connectivity index (χ2n) is 3.37. The van der Waals surface area contributed by atoms with Crippen LogP contribution in [0.25, 0.3) is 0 Å². The molecule has 0 saturated heterocycles. The van der Waals surface area contributed by atoms with Crippen molar-refractivity contribution in [1.29, 1.82) is 0 Å². The molecule has 0 aliphatic heterocycles. The van der Waals surface area contributed by atoms with Crippen LogP contribution in [0.4, 0.5) is 0 Å². The molecular formula is C10H20BrCl2O3P. The summed E-state index contributed by atoms with van der Waals surface area (Å²) in [5, 5.41) is 1.03. The van der Waals surface area contributed by atoms with Crippen molar-refractivity contribution in [3.05, 3.63) is 0 Å². The molecule has 0 spiro atoms. The molecule has 17 heavy (non-hydrogen) atoms. The van der Waals surface area contributed by atoms with Crippen LogP contribution in [0.1, 0.15) is 26.2 Å². The van der Waals surface area contributed by atoms with E-state index < -0.39 is 8.60 Å². The highest BCUT2D eigenvalue weighted by molar-refractivity contribution is 9.09. The van der Waals surface area contributed by atoms with E-state index in [2.05, 4.69) is 15.9 Å². The lowest BCUT2D eigenvalue weighted by molar-refractivity contribution is 0.127. The number of rotatable bonds is 12. The average molecular weight is 370 g/mol. The first-order valence-corrected chi connectivity index (χ1v) is 8.93. The Morgan fingerprint density at radius 1 is 1.12 bits per heavy atom. The Balaban J connectivity index is 3.76. The van der Waals surface area contributed by atoms with Crippen LogP contribution in [-0.4, -0.2) is 36.4 Å².